The zero-order chi connectivity index (χ0) is 24.8. The fraction of sp³-hybridized carbons (Fsp3) is 0.120. The van der Waals surface area contributed by atoms with E-state index in [1.165, 1.54) is 11.8 Å². The molecule has 4 aromatic rings. The smallest absolute Gasteiger partial charge is 0.250 e. The second kappa shape index (κ2) is 11.4. The lowest BCUT2D eigenvalue weighted by Gasteiger charge is -2.10. The number of thioether (sulfide) groups is 1. The maximum Gasteiger partial charge on any atom is 0.250 e. The summed E-state index contributed by atoms with van der Waals surface area (Å²) in [5.41, 5.74) is 5.78. The zero-order valence-corrected chi connectivity index (χ0v) is 21.0. The second-order valence-electron chi connectivity index (χ2n) is 7.41. The van der Waals surface area contributed by atoms with Crippen LogP contribution in [0, 0.1) is 0 Å². The molecule has 0 unspecified atom stereocenters. The lowest BCUT2D eigenvalue weighted by atomic mass is 10.1. The number of rotatable bonds is 8. The lowest BCUT2D eigenvalue weighted by molar-refractivity contribution is -0.118. The van der Waals surface area contributed by atoms with Gasteiger partial charge in [-0.1, -0.05) is 41.9 Å². The Labute approximate surface area is 216 Å². The van der Waals surface area contributed by atoms with Crippen LogP contribution in [0.3, 0.4) is 0 Å². The molecule has 178 valence electrons. The average molecular weight is 526 g/mol. The van der Waals surface area contributed by atoms with Gasteiger partial charge in [0, 0.05) is 21.3 Å². The number of phenols is 1. The van der Waals surface area contributed by atoms with Crippen molar-refractivity contribution in [3.05, 3.63) is 88.4 Å². The molecule has 0 fully saturated rings. The molecule has 0 aliphatic heterocycles. The quantitative estimate of drug-likeness (QED) is 0.168. The van der Waals surface area contributed by atoms with Crippen LogP contribution < -0.4 is 5.43 Å². The molecule has 0 radical (unpaired) electrons. The number of nitrogens with zero attached hydrogens (tertiary/aromatic N) is 4. The zero-order valence-electron chi connectivity index (χ0n) is 18.7. The molecular weight excluding hydrogens is 505 g/mol. The number of hydrogen-bond acceptors (Lipinski definition) is 6. The van der Waals surface area contributed by atoms with Crippen LogP contribution in [0.25, 0.3) is 17.1 Å². The normalized spacial score (nSPS) is 11.5. The summed E-state index contributed by atoms with van der Waals surface area (Å²) in [6.07, 6.45) is 0.619. The minimum atomic E-state index is -0.279. The van der Waals surface area contributed by atoms with Gasteiger partial charge in [-0.3, -0.25) is 9.36 Å². The molecular formula is C25H21Cl2N5O2S. The van der Waals surface area contributed by atoms with Crippen LogP contribution in [-0.2, 0) is 4.79 Å². The van der Waals surface area contributed by atoms with E-state index in [0.717, 1.165) is 16.8 Å². The fourth-order valence-corrected chi connectivity index (χ4v) is 4.26. The van der Waals surface area contributed by atoms with Crippen molar-refractivity contribution in [3.8, 4) is 22.8 Å². The van der Waals surface area contributed by atoms with E-state index in [1.807, 2.05) is 35.8 Å². The summed E-state index contributed by atoms with van der Waals surface area (Å²) in [6.45, 7) is 1.94. The second-order valence-corrected chi connectivity index (χ2v) is 9.22. The average Bonchev–Trinajstić information content (AvgIpc) is 3.29. The van der Waals surface area contributed by atoms with Gasteiger partial charge < -0.3 is 5.11 Å². The van der Waals surface area contributed by atoms with Gasteiger partial charge in [0.25, 0.3) is 5.91 Å². The number of halogens is 2. The highest BCUT2D eigenvalue weighted by Gasteiger charge is 2.17. The van der Waals surface area contributed by atoms with Crippen LogP contribution >= 0.6 is 35.0 Å². The number of hydrazone groups is 1. The third-order valence-corrected chi connectivity index (χ3v) is 6.44. The van der Waals surface area contributed by atoms with Crippen molar-refractivity contribution >= 4 is 46.6 Å². The summed E-state index contributed by atoms with van der Waals surface area (Å²) in [6, 6.07) is 21.3. The molecule has 0 saturated heterocycles. The number of carbonyl (C=O) groups is 1. The minimum Gasteiger partial charge on any atom is -0.508 e. The van der Waals surface area contributed by atoms with E-state index in [2.05, 4.69) is 20.7 Å². The Kier molecular flexibility index (Phi) is 8.07. The minimum absolute atomic E-state index is 0.0857. The van der Waals surface area contributed by atoms with Gasteiger partial charge in [-0.25, -0.2) is 5.43 Å². The van der Waals surface area contributed by atoms with Crippen molar-refractivity contribution < 1.29 is 9.90 Å². The van der Waals surface area contributed by atoms with Crippen LogP contribution in [0.15, 0.2) is 83.1 Å². The van der Waals surface area contributed by atoms with Crippen molar-refractivity contribution in [1.82, 2.24) is 20.2 Å². The number of aromatic hydroxyl groups is 1. The van der Waals surface area contributed by atoms with Crippen molar-refractivity contribution in [2.24, 2.45) is 5.10 Å². The van der Waals surface area contributed by atoms with E-state index < -0.39 is 0 Å². The summed E-state index contributed by atoms with van der Waals surface area (Å²) in [4.78, 5) is 12.6. The first-order chi connectivity index (χ1) is 16.9. The Morgan fingerprint density at radius 1 is 0.971 bits per heavy atom. The summed E-state index contributed by atoms with van der Waals surface area (Å²) in [5.74, 6) is 0.596. The molecule has 10 heteroatoms. The number of hydrogen-bond donors (Lipinski definition) is 2. The number of benzene rings is 3. The molecule has 7 nitrogen and oxygen atoms in total. The van der Waals surface area contributed by atoms with Gasteiger partial charge in [-0.05, 0) is 84.8 Å². The molecule has 0 aliphatic carbocycles. The highest BCUT2D eigenvalue weighted by Crippen LogP contribution is 2.29. The Bertz CT molecular complexity index is 1340. The van der Waals surface area contributed by atoms with Gasteiger partial charge in [0.05, 0.1) is 11.5 Å². The summed E-state index contributed by atoms with van der Waals surface area (Å²) < 4.78 is 1.87. The molecule has 4 rings (SSSR count). The van der Waals surface area contributed by atoms with Crippen LogP contribution in [0.5, 0.6) is 5.75 Å². The van der Waals surface area contributed by atoms with Gasteiger partial charge in [0.1, 0.15) is 5.75 Å². The van der Waals surface area contributed by atoms with Crippen LogP contribution in [0.4, 0.5) is 0 Å². The maximum atomic E-state index is 12.6. The molecule has 2 N–H and O–H groups in total. The van der Waals surface area contributed by atoms with E-state index >= 15 is 0 Å². The van der Waals surface area contributed by atoms with E-state index in [1.54, 1.807) is 48.5 Å². The highest BCUT2D eigenvalue weighted by molar-refractivity contribution is 7.99. The number of aromatic nitrogens is 3. The molecule has 0 saturated carbocycles. The molecule has 0 spiro atoms. The fourth-order valence-electron chi connectivity index (χ4n) is 3.27. The van der Waals surface area contributed by atoms with Crippen molar-refractivity contribution in [2.45, 2.75) is 18.5 Å². The van der Waals surface area contributed by atoms with Crippen LogP contribution in [0.2, 0.25) is 10.0 Å². The highest BCUT2D eigenvalue weighted by atomic mass is 35.5. The molecule has 0 bridgehead atoms. The largest absolute Gasteiger partial charge is 0.508 e. The Balaban J connectivity index is 1.53. The Hall–Kier alpha value is -3.33. The standard InChI is InChI=1S/C25H21Cl2N5O2S/c1-2-22(16-5-13-21(33)14-6-16)28-29-23(34)15-35-25-31-30-24(17-3-7-18(26)8-4-17)32(25)20-11-9-19(27)10-12-20/h3-14,33H,2,15H2,1H3,(H,29,34)/b28-22-. The monoisotopic (exact) mass is 525 g/mol. The molecule has 1 aromatic heterocycles. The predicted molar refractivity (Wildman–Crippen MR) is 141 cm³/mol. The van der Waals surface area contributed by atoms with Gasteiger partial charge >= 0.3 is 0 Å². The van der Waals surface area contributed by atoms with Gasteiger partial charge in [-0.2, -0.15) is 5.10 Å². The van der Waals surface area contributed by atoms with Gasteiger partial charge in [0.2, 0.25) is 0 Å². The third-order valence-electron chi connectivity index (χ3n) is 5.00. The topological polar surface area (TPSA) is 92.4 Å². The maximum absolute atomic E-state index is 12.6. The Morgan fingerprint density at radius 2 is 1.60 bits per heavy atom. The number of carbonyl (C=O) groups excluding carboxylic acids is 1. The predicted octanol–water partition coefficient (Wildman–Crippen LogP) is 5.97. The summed E-state index contributed by atoms with van der Waals surface area (Å²) in [5, 5.41) is 24.2. The van der Waals surface area contributed by atoms with Crippen molar-refractivity contribution in [3.63, 3.8) is 0 Å². The summed E-state index contributed by atoms with van der Waals surface area (Å²) in [7, 11) is 0. The van der Waals surface area contributed by atoms with Gasteiger partial charge in [0.15, 0.2) is 11.0 Å². The SMILES string of the molecule is CC/C(=N/NC(=O)CSc1nnc(-c2ccc(Cl)cc2)n1-c1ccc(Cl)cc1)c1ccc(O)cc1. The molecule has 1 amide bonds. The molecule has 3 aromatic carbocycles. The number of amides is 1. The van der Waals surface area contributed by atoms with E-state index in [-0.39, 0.29) is 17.4 Å². The van der Waals surface area contributed by atoms with Crippen LogP contribution in [0.1, 0.15) is 18.9 Å². The summed E-state index contributed by atoms with van der Waals surface area (Å²) >= 11 is 13.4. The lowest BCUT2D eigenvalue weighted by Crippen LogP contribution is -2.22. The van der Waals surface area contributed by atoms with Crippen LogP contribution in [-0.4, -0.2) is 37.2 Å². The molecule has 35 heavy (non-hydrogen) atoms. The van der Waals surface area contributed by atoms with Gasteiger partial charge in [-0.15, -0.1) is 10.2 Å². The molecule has 0 aliphatic rings. The van der Waals surface area contributed by atoms with E-state index in [4.69, 9.17) is 23.2 Å². The third kappa shape index (κ3) is 6.22. The molecule has 1 heterocycles. The number of nitrogens with one attached hydrogen (secondary N) is 1. The first-order valence-electron chi connectivity index (χ1n) is 10.7. The Morgan fingerprint density at radius 3 is 2.23 bits per heavy atom. The first kappa shape index (κ1) is 24.8. The van der Waals surface area contributed by atoms with E-state index in [9.17, 15) is 9.90 Å². The first-order valence-corrected chi connectivity index (χ1v) is 12.4. The van der Waals surface area contributed by atoms with Crippen molar-refractivity contribution in [2.75, 3.05) is 5.75 Å². The number of phenolic OH excluding ortho intramolecular Hbond substituents is 1. The van der Waals surface area contributed by atoms with Crippen molar-refractivity contribution in [1.29, 1.82) is 0 Å². The van der Waals surface area contributed by atoms with E-state index in [0.29, 0.717) is 33.2 Å². The molecule has 0 atom stereocenters.